The van der Waals surface area contributed by atoms with Gasteiger partial charge in [-0.15, -0.1) is 0 Å². The van der Waals surface area contributed by atoms with E-state index in [1.807, 2.05) is 0 Å². The van der Waals surface area contributed by atoms with Crippen LogP contribution in [0.15, 0.2) is 42.5 Å². The first-order valence-corrected chi connectivity index (χ1v) is 26.1. The molecule has 32 N–H and O–H groups in total. The molecule has 0 aliphatic heterocycles. The largest absolute Gasteiger partial charge is 0.508 e. The zero-order valence-electron chi connectivity index (χ0n) is 51.6. The second-order valence-corrected chi connectivity index (χ2v) is 18.6. The highest BCUT2D eigenvalue weighted by Gasteiger charge is 2.40. The lowest BCUT2D eigenvalue weighted by Crippen LogP contribution is -2.49. The number of aliphatic hydroxyl groups excluding tert-OH is 12. The number of hydrogen-bond acceptors (Lipinski definition) is 36. The molecule has 0 saturated carbocycles. The summed E-state index contributed by atoms with van der Waals surface area (Å²) >= 11 is 0. The minimum Gasteiger partial charge on any atom is -0.508 e. The maximum atomic E-state index is 10.8. The van der Waals surface area contributed by atoms with Crippen molar-refractivity contribution in [1.82, 2.24) is 0 Å². The Hall–Kier alpha value is -13.0. The van der Waals surface area contributed by atoms with Crippen LogP contribution in [0.5, 0.6) is 17.2 Å². The van der Waals surface area contributed by atoms with Crippen LogP contribution in [0.1, 0.15) is 95.7 Å². The van der Waals surface area contributed by atoms with Crippen molar-refractivity contribution in [2.75, 3.05) is 19.8 Å². The van der Waals surface area contributed by atoms with Crippen molar-refractivity contribution in [3.8, 4) is 17.2 Å². The van der Waals surface area contributed by atoms with Gasteiger partial charge in [0.1, 0.15) is 66.5 Å². The highest BCUT2D eigenvalue weighted by atomic mass is 16.5. The summed E-state index contributed by atoms with van der Waals surface area (Å²) in [6, 6.07) is 5.94. The van der Waals surface area contributed by atoms with Crippen LogP contribution in [0.25, 0.3) is 0 Å². The first kappa shape index (κ1) is 101. The summed E-state index contributed by atoms with van der Waals surface area (Å²) < 4.78 is 8.09. The number of benzene rings is 3. The predicted molar refractivity (Wildman–Crippen MR) is 312 cm³/mol. The molecule has 0 bridgehead atoms. The molecule has 3 aromatic rings. The molecule has 0 aliphatic carbocycles. The van der Waals surface area contributed by atoms with Gasteiger partial charge in [-0.25, -0.2) is 67.1 Å². The van der Waals surface area contributed by atoms with E-state index in [1.54, 1.807) is 0 Å². The van der Waals surface area contributed by atoms with Crippen LogP contribution in [0.2, 0.25) is 0 Å². The second-order valence-electron chi connectivity index (χ2n) is 18.6. The number of carbonyl (C=O) groups is 18. The molecule has 0 radical (unpaired) electrons. The number of phenolic OH excluding ortho intramolecular Hbond substituents is 2. The Labute approximate surface area is 576 Å². The number of carboxylic acids is 16. The van der Waals surface area contributed by atoms with Crippen LogP contribution in [-0.4, -0.2) is 364 Å². The van der Waals surface area contributed by atoms with Gasteiger partial charge in [0.15, 0.2) is 30.5 Å². The molecule has 586 valence electrons. The van der Waals surface area contributed by atoms with Gasteiger partial charge in [-0.1, -0.05) is 0 Å². The first-order valence-electron chi connectivity index (χ1n) is 26.1. The lowest BCUT2D eigenvalue weighted by atomic mass is 10.00. The summed E-state index contributed by atoms with van der Waals surface area (Å²) in [7, 11) is 0. The fourth-order valence-corrected chi connectivity index (χ4v) is 5.89. The molecule has 0 saturated heterocycles. The minimum absolute atomic E-state index is 0.0737. The van der Waals surface area contributed by atoms with Gasteiger partial charge in [0.25, 0.3) is 12.9 Å². The molecule has 3 rings (SSSR count). The lowest BCUT2D eigenvalue weighted by molar-refractivity contribution is -0.172. The molecule has 0 aliphatic rings. The normalized spacial score (nSPS) is 13.7. The predicted octanol–water partition coefficient (Wildman–Crippen LogP) is -9.81. The van der Waals surface area contributed by atoms with E-state index in [0.29, 0.717) is 12.1 Å². The molecule has 4 unspecified atom stereocenters. The fourth-order valence-electron chi connectivity index (χ4n) is 5.89. The van der Waals surface area contributed by atoms with Crippen LogP contribution >= 0.6 is 0 Å². The molecule has 12 atom stereocenters. The van der Waals surface area contributed by atoms with Crippen molar-refractivity contribution < 1.29 is 259 Å². The van der Waals surface area contributed by atoms with Gasteiger partial charge in [0.2, 0.25) is 5.60 Å². The standard InChI is InChI=1S/2C9H6O7.C8H6O5.C6H10O8.C6H8O7.C6H12O7.C5H8O5.C4H6O6/c10-3-1-4(7(11)12)6(9(15)16)5(2-3)8(13)14;10-4-2-1-3(7(11)12)5(8(13)14)6(4)9(15)16;9-6-2-4(7(10)11)1-5(3-6)8(12)13;7-1(3(9)5(11)12)2(8)4(10)6(13)14;7-3-13-2-6(12,5(10)11)1-4(8)9;7-1-2(8)3(9)4(10)5(11)6(12)13;6-3-10-2-4(7)1-5(8)9;5-1(3(7)8)2(6)4(9)10/h2*1-2,10H,(H,11,12)(H,13,14)(H,15,16);1-3,9H,(H,10,11)(H,12,13);1-4,7-10H,(H,11,12)(H,13,14);3,12H,1-2H2,(H,8,9)(H,10,11);2-5,7-11H,1H2,(H,12,13);3-4,7H,1-2H2,(H,8,9);1-2,5-6H,(H,7,8)(H,9,10)/t;;;1-,2+,3+,4-;;2-,3+,4+,5-;;/m.....1../s1. The summed E-state index contributed by atoms with van der Waals surface area (Å²) in [5.74, 6) is -27.6. The third kappa shape index (κ3) is 37.8. The van der Waals surface area contributed by atoms with Crippen molar-refractivity contribution >= 4 is 108 Å². The second kappa shape index (κ2) is 48.7. The number of rotatable bonds is 32. The number of carbonyl (C=O) groups excluding carboxylic acids is 2. The Kier molecular flexibility index (Phi) is 46.7. The molecule has 105 heavy (non-hydrogen) atoms. The van der Waals surface area contributed by atoms with Gasteiger partial charge in [0.05, 0.1) is 64.5 Å². The van der Waals surface area contributed by atoms with E-state index in [1.165, 1.54) is 0 Å². The Morgan fingerprint density at radius 3 is 0.981 bits per heavy atom. The van der Waals surface area contributed by atoms with E-state index < -0.39 is 239 Å². The van der Waals surface area contributed by atoms with Crippen molar-refractivity contribution in [3.63, 3.8) is 0 Å². The highest BCUT2D eigenvalue weighted by Crippen LogP contribution is 2.26. The molecular formula is C53H62O52. The number of aliphatic hydroxyl groups is 13. The summed E-state index contributed by atoms with van der Waals surface area (Å²) in [4.78, 5) is 184. The SMILES string of the molecule is O=C(O)C(O)C(O)C(=O)O.O=C(O)[C@@H](O)[C@H](O)[C@H](O)[C@@H](O)C(=O)O.O=C(O)[C@H](O)[C@@H](O)[C@@H](O)[C@H](O)CO.O=C(O)c1cc(O)cc(C(=O)O)c1.O=C(O)c1cc(O)cc(C(=O)O)c1C(=O)O.O=C(O)c1ccc(O)c(C(=O)O)c1C(=O)O.O=COCC(O)(CC(=O)O)C(=O)O.O=COCC(O)CC(=O)O. The number of ether oxygens (including phenoxy) is 2. The molecule has 0 aromatic heterocycles. The van der Waals surface area contributed by atoms with Gasteiger partial charge in [-0.2, -0.15) is 0 Å². The molecular weight excluding hydrogens is 1470 g/mol. The fraction of sp³-hybridized carbons (Fsp3) is 0.321. The van der Waals surface area contributed by atoms with Gasteiger partial charge < -0.3 is 173 Å². The van der Waals surface area contributed by atoms with Crippen LogP contribution < -0.4 is 0 Å². The third-order valence-electron chi connectivity index (χ3n) is 10.9. The third-order valence-corrected chi connectivity index (χ3v) is 10.9. The summed E-state index contributed by atoms with van der Waals surface area (Å²) in [6.07, 6.45) is -24.2. The summed E-state index contributed by atoms with van der Waals surface area (Å²) in [6.45, 7) is -1.92. The van der Waals surface area contributed by atoms with Crippen LogP contribution in [0.4, 0.5) is 0 Å². The molecule has 52 nitrogen and oxygen atoms in total. The smallest absolute Gasteiger partial charge is 0.340 e. The van der Waals surface area contributed by atoms with Crippen LogP contribution in [0.3, 0.4) is 0 Å². The monoisotopic (exact) mass is 1530 g/mol. The quantitative estimate of drug-likeness (QED) is 0.0258. The maximum Gasteiger partial charge on any atom is 0.340 e. The summed E-state index contributed by atoms with van der Waals surface area (Å²) in [5, 5.41) is 275. The van der Waals surface area contributed by atoms with Crippen molar-refractivity contribution in [2.45, 2.75) is 85.6 Å². The van der Waals surface area contributed by atoms with Crippen molar-refractivity contribution in [2.24, 2.45) is 0 Å². The van der Waals surface area contributed by atoms with Gasteiger partial charge in [-0.3, -0.25) is 19.2 Å². The Balaban J connectivity index is -0.000000365. The molecule has 0 fully saturated rings. The topological polar surface area (TPSA) is 973 Å². The zero-order chi connectivity index (χ0) is 83.8. The first-order chi connectivity index (χ1) is 47.9. The van der Waals surface area contributed by atoms with E-state index in [0.717, 1.165) is 30.3 Å². The average Bonchev–Trinajstić information content (AvgIpc) is 0.803. The summed E-state index contributed by atoms with van der Waals surface area (Å²) in [5.41, 5.74) is -8.05. The van der Waals surface area contributed by atoms with Crippen molar-refractivity contribution in [3.05, 3.63) is 87.0 Å². The molecule has 0 heterocycles. The highest BCUT2D eigenvalue weighted by molar-refractivity contribution is 6.11. The Morgan fingerprint density at radius 2 is 0.714 bits per heavy atom. The number of aromatic carboxylic acids is 8. The van der Waals surface area contributed by atoms with E-state index in [-0.39, 0.29) is 36.4 Å². The van der Waals surface area contributed by atoms with E-state index in [9.17, 15) is 91.4 Å². The van der Waals surface area contributed by atoms with Gasteiger partial charge in [0, 0.05) is 0 Å². The van der Waals surface area contributed by atoms with Gasteiger partial charge in [-0.05, 0) is 42.5 Å². The maximum absolute atomic E-state index is 10.8. The Bertz CT molecular complexity index is 3450. The number of hydrogen-bond donors (Lipinski definition) is 32. The minimum atomic E-state index is -2.56. The zero-order valence-corrected chi connectivity index (χ0v) is 51.6. The van der Waals surface area contributed by atoms with Crippen LogP contribution in [-0.2, 0) is 57.4 Å². The molecule has 0 spiro atoms. The van der Waals surface area contributed by atoms with E-state index in [4.69, 9.17) is 158 Å². The molecule has 0 amide bonds. The van der Waals surface area contributed by atoms with Crippen molar-refractivity contribution in [1.29, 1.82) is 0 Å². The van der Waals surface area contributed by atoms with Gasteiger partial charge >= 0.3 is 95.5 Å². The number of aromatic hydroxyl groups is 3. The number of aliphatic carboxylic acids is 8. The van der Waals surface area contributed by atoms with Crippen LogP contribution in [0, 0.1) is 0 Å². The Morgan fingerprint density at radius 1 is 0.381 bits per heavy atom. The number of carboxylic acid groups (broad SMARTS) is 16. The lowest BCUT2D eigenvalue weighted by Gasteiger charge is -2.23. The average molecular weight is 1530 g/mol. The van der Waals surface area contributed by atoms with E-state index in [2.05, 4.69) is 9.47 Å². The van der Waals surface area contributed by atoms with E-state index >= 15 is 0 Å². The number of phenols is 3. The molecule has 3 aromatic carbocycles. The molecule has 52 heteroatoms.